The van der Waals surface area contributed by atoms with Gasteiger partial charge in [-0.25, -0.2) is 8.78 Å². The summed E-state index contributed by atoms with van der Waals surface area (Å²) in [6.07, 6.45) is 1.55. The maximum Gasteiger partial charge on any atom is 0.239 e. The van der Waals surface area contributed by atoms with E-state index in [1.807, 2.05) is 11.8 Å². The lowest BCUT2D eigenvalue weighted by Gasteiger charge is -2.24. The average Bonchev–Trinajstić information content (AvgIpc) is 2.90. The fourth-order valence-corrected chi connectivity index (χ4v) is 3.44. The third-order valence-electron chi connectivity index (χ3n) is 4.93. The Morgan fingerprint density at radius 1 is 1.17 bits per heavy atom. The average molecular weight is 403 g/mol. The molecule has 2 aromatic carbocycles. The minimum Gasteiger partial charge on any atom is -0.491 e. The molecule has 0 radical (unpaired) electrons. The van der Waals surface area contributed by atoms with Gasteiger partial charge < -0.3 is 19.9 Å². The van der Waals surface area contributed by atoms with Crippen LogP contribution in [-0.4, -0.2) is 45.2 Å². The van der Waals surface area contributed by atoms with Crippen molar-refractivity contribution < 1.29 is 18.3 Å². The molecule has 0 aliphatic carbocycles. The van der Waals surface area contributed by atoms with E-state index in [4.69, 9.17) is 4.74 Å². The van der Waals surface area contributed by atoms with Gasteiger partial charge in [0.1, 0.15) is 17.4 Å². The standard InChI is InChI=1S/C22H27F2N3O2/c1-2-26(19-8-5-17(23)6-9-19)12-3-11-25-22(28)16-27-13-4-14-29-21-15-18(24)7-10-20(21)27/h5-10,15H,2-4,11-14,16H2,1H3,(H,25,28). The monoisotopic (exact) mass is 403 g/mol. The van der Waals surface area contributed by atoms with Crippen LogP contribution in [0.3, 0.4) is 0 Å². The molecule has 29 heavy (non-hydrogen) atoms. The smallest absolute Gasteiger partial charge is 0.239 e. The number of carbonyl (C=O) groups excluding carboxylic acids is 1. The van der Waals surface area contributed by atoms with Crippen LogP contribution in [0.5, 0.6) is 5.75 Å². The molecule has 1 heterocycles. The number of benzene rings is 2. The first-order valence-electron chi connectivity index (χ1n) is 10.0. The molecule has 0 atom stereocenters. The van der Waals surface area contributed by atoms with Crippen molar-refractivity contribution in [2.24, 2.45) is 0 Å². The second-order valence-electron chi connectivity index (χ2n) is 7.00. The van der Waals surface area contributed by atoms with Gasteiger partial charge in [-0.3, -0.25) is 4.79 Å². The number of rotatable bonds is 8. The molecule has 1 N–H and O–H groups in total. The highest BCUT2D eigenvalue weighted by Crippen LogP contribution is 2.31. The Bertz CT molecular complexity index is 814. The van der Waals surface area contributed by atoms with Crippen molar-refractivity contribution in [1.29, 1.82) is 0 Å². The van der Waals surface area contributed by atoms with Crippen LogP contribution in [0.4, 0.5) is 20.2 Å². The molecule has 1 amide bonds. The number of fused-ring (bicyclic) bond motifs is 1. The Morgan fingerprint density at radius 3 is 2.69 bits per heavy atom. The van der Waals surface area contributed by atoms with Crippen LogP contribution in [0.2, 0.25) is 0 Å². The fraction of sp³-hybridized carbons (Fsp3) is 0.409. The van der Waals surface area contributed by atoms with Crippen molar-refractivity contribution in [2.75, 3.05) is 49.1 Å². The van der Waals surface area contributed by atoms with Crippen LogP contribution >= 0.6 is 0 Å². The van der Waals surface area contributed by atoms with Gasteiger partial charge in [-0.05, 0) is 56.2 Å². The van der Waals surface area contributed by atoms with Crippen molar-refractivity contribution in [1.82, 2.24) is 5.32 Å². The number of anilines is 2. The molecule has 0 fully saturated rings. The van der Waals surface area contributed by atoms with E-state index in [1.54, 1.807) is 18.2 Å². The number of nitrogens with zero attached hydrogens (tertiary/aromatic N) is 2. The predicted molar refractivity (Wildman–Crippen MR) is 111 cm³/mol. The molecule has 0 saturated heterocycles. The van der Waals surface area contributed by atoms with Gasteiger partial charge in [-0.2, -0.15) is 0 Å². The lowest BCUT2D eigenvalue weighted by Crippen LogP contribution is -2.38. The molecule has 2 aromatic rings. The van der Waals surface area contributed by atoms with Crippen molar-refractivity contribution in [2.45, 2.75) is 19.8 Å². The molecular formula is C22H27F2N3O2. The lowest BCUT2D eigenvalue weighted by atomic mass is 10.2. The molecule has 0 bridgehead atoms. The first-order valence-corrected chi connectivity index (χ1v) is 10.0. The first-order chi connectivity index (χ1) is 14.1. The summed E-state index contributed by atoms with van der Waals surface area (Å²) in [4.78, 5) is 16.5. The van der Waals surface area contributed by atoms with Crippen molar-refractivity contribution in [3.05, 3.63) is 54.1 Å². The Kier molecular flexibility index (Phi) is 7.27. The van der Waals surface area contributed by atoms with Gasteiger partial charge in [0.2, 0.25) is 5.91 Å². The topological polar surface area (TPSA) is 44.8 Å². The summed E-state index contributed by atoms with van der Waals surface area (Å²) in [7, 11) is 0. The molecule has 1 aliphatic rings. The van der Waals surface area contributed by atoms with Crippen molar-refractivity contribution in [3.8, 4) is 5.75 Å². The Hall–Kier alpha value is -2.83. The van der Waals surface area contributed by atoms with Gasteiger partial charge in [0.05, 0.1) is 18.8 Å². The number of halogens is 2. The van der Waals surface area contributed by atoms with Crippen LogP contribution < -0.4 is 19.9 Å². The normalized spacial score (nSPS) is 13.3. The van der Waals surface area contributed by atoms with Crippen LogP contribution in [0.15, 0.2) is 42.5 Å². The van der Waals surface area contributed by atoms with E-state index in [-0.39, 0.29) is 24.1 Å². The third-order valence-corrected chi connectivity index (χ3v) is 4.93. The SMILES string of the molecule is CCN(CCCNC(=O)CN1CCCOc2cc(F)ccc21)c1ccc(F)cc1. The highest BCUT2D eigenvalue weighted by atomic mass is 19.1. The van der Waals surface area contributed by atoms with Crippen LogP contribution in [-0.2, 0) is 4.79 Å². The summed E-state index contributed by atoms with van der Waals surface area (Å²) in [6.45, 7) is 5.56. The quantitative estimate of drug-likeness (QED) is 0.685. The number of nitrogens with one attached hydrogen (secondary N) is 1. The Labute approximate surface area is 170 Å². The summed E-state index contributed by atoms with van der Waals surface area (Å²) in [6, 6.07) is 10.8. The van der Waals surface area contributed by atoms with E-state index in [1.165, 1.54) is 24.3 Å². The molecule has 0 aromatic heterocycles. The highest BCUT2D eigenvalue weighted by Gasteiger charge is 2.19. The number of hydrogen-bond donors (Lipinski definition) is 1. The zero-order valence-corrected chi connectivity index (χ0v) is 16.7. The van der Waals surface area contributed by atoms with Crippen molar-refractivity contribution in [3.63, 3.8) is 0 Å². The zero-order valence-electron chi connectivity index (χ0n) is 16.7. The van der Waals surface area contributed by atoms with Gasteiger partial charge >= 0.3 is 0 Å². The second kappa shape index (κ2) is 10.1. The van der Waals surface area contributed by atoms with Gasteiger partial charge in [-0.1, -0.05) is 0 Å². The summed E-state index contributed by atoms with van der Waals surface area (Å²) < 4.78 is 32.1. The fourth-order valence-electron chi connectivity index (χ4n) is 3.44. The second-order valence-corrected chi connectivity index (χ2v) is 7.00. The summed E-state index contributed by atoms with van der Waals surface area (Å²) in [5.74, 6) is -0.197. The number of hydrogen-bond acceptors (Lipinski definition) is 4. The molecule has 0 spiro atoms. The molecule has 1 aliphatic heterocycles. The largest absolute Gasteiger partial charge is 0.491 e. The minimum atomic E-state index is -0.350. The van der Waals surface area contributed by atoms with E-state index in [9.17, 15) is 13.6 Å². The minimum absolute atomic E-state index is 0.0768. The number of carbonyl (C=O) groups is 1. The molecule has 7 heteroatoms. The van der Waals surface area contributed by atoms with Gasteiger partial charge in [0.25, 0.3) is 0 Å². The first kappa shape index (κ1) is 20.9. The van der Waals surface area contributed by atoms with Crippen LogP contribution in [0.25, 0.3) is 0 Å². The molecule has 3 rings (SSSR count). The summed E-state index contributed by atoms with van der Waals surface area (Å²) in [5, 5.41) is 2.95. The molecule has 5 nitrogen and oxygen atoms in total. The summed E-state index contributed by atoms with van der Waals surface area (Å²) in [5.41, 5.74) is 1.71. The van der Waals surface area contributed by atoms with Crippen LogP contribution in [0, 0.1) is 11.6 Å². The number of amides is 1. The van der Waals surface area contributed by atoms with E-state index in [0.29, 0.717) is 25.4 Å². The van der Waals surface area contributed by atoms with E-state index in [2.05, 4.69) is 10.2 Å². The van der Waals surface area contributed by atoms with Gasteiger partial charge in [0.15, 0.2) is 0 Å². The number of ether oxygens (including phenoxy) is 1. The third kappa shape index (κ3) is 5.82. The maximum atomic E-state index is 13.5. The van der Waals surface area contributed by atoms with Crippen LogP contribution in [0.1, 0.15) is 19.8 Å². The van der Waals surface area contributed by atoms with Crippen molar-refractivity contribution >= 4 is 17.3 Å². The molecule has 0 saturated carbocycles. The highest BCUT2D eigenvalue weighted by molar-refractivity contribution is 5.82. The zero-order chi connectivity index (χ0) is 20.6. The lowest BCUT2D eigenvalue weighted by molar-refractivity contribution is -0.119. The maximum absolute atomic E-state index is 13.5. The molecule has 156 valence electrons. The van der Waals surface area contributed by atoms with E-state index >= 15 is 0 Å². The Balaban J connectivity index is 1.47. The van der Waals surface area contributed by atoms with Gasteiger partial charge in [-0.15, -0.1) is 0 Å². The predicted octanol–water partition coefficient (Wildman–Crippen LogP) is 3.59. The summed E-state index contributed by atoms with van der Waals surface area (Å²) >= 11 is 0. The molecular weight excluding hydrogens is 376 g/mol. The van der Waals surface area contributed by atoms with E-state index in [0.717, 1.165) is 37.3 Å². The molecule has 0 unspecified atom stereocenters. The van der Waals surface area contributed by atoms with E-state index < -0.39 is 0 Å². The Morgan fingerprint density at radius 2 is 1.93 bits per heavy atom. The van der Waals surface area contributed by atoms with Gasteiger partial charge in [0, 0.05) is 37.9 Å².